The van der Waals surface area contributed by atoms with E-state index in [1.54, 1.807) is 12.1 Å². The van der Waals surface area contributed by atoms with Crippen LogP contribution in [0.4, 0.5) is 5.82 Å². The molecule has 0 saturated carbocycles. The van der Waals surface area contributed by atoms with E-state index in [2.05, 4.69) is 22.2 Å². The summed E-state index contributed by atoms with van der Waals surface area (Å²) in [4.78, 5) is 8.37. The molecule has 1 atom stereocenters. The number of nitrogens with one attached hydrogen (secondary N) is 1. The third-order valence-corrected chi connectivity index (χ3v) is 3.61. The summed E-state index contributed by atoms with van der Waals surface area (Å²) in [7, 11) is 0. The Morgan fingerprint density at radius 3 is 2.43 bits per heavy atom. The zero-order valence-electron chi connectivity index (χ0n) is 11.6. The Labute approximate surface area is 152 Å². The Kier molecular flexibility index (Phi) is 7.46. The molecule has 0 aliphatic carbocycles. The molecule has 0 saturated heterocycles. The second-order valence-electron chi connectivity index (χ2n) is 4.53. The van der Waals surface area contributed by atoms with E-state index in [9.17, 15) is 5.11 Å². The molecule has 108 valence electrons. The molecular formula is C15H19ClN3NaO. The molecule has 2 aromatic rings. The molecule has 0 aliphatic heterocycles. The summed E-state index contributed by atoms with van der Waals surface area (Å²) < 4.78 is 0. The summed E-state index contributed by atoms with van der Waals surface area (Å²) in [6.07, 6.45) is 3.18. The van der Waals surface area contributed by atoms with E-state index >= 15 is 0 Å². The van der Waals surface area contributed by atoms with E-state index in [-0.39, 0.29) is 41.3 Å². The number of aryl methyl sites for hydroxylation is 1. The van der Waals surface area contributed by atoms with Crippen molar-refractivity contribution in [2.75, 3.05) is 5.32 Å². The SMILES string of the molecule is CCc1ncnc(NC(CC)c2ccc(O)cc2)c1Cl.[NaH]. The first-order chi connectivity index (χ1) is 9.65. The van der Waals surface area contributed by atoms with Crippen molar-refractivity contribution in [1.82, 2.24) is 9.97 Å². The average molecular weight is 316 g/mol. The van der Waals surface area contributed by atoms with Crippen molar-refractivity contribution in [3.63, 3.8) is 0 Å². The topological polar surface area (TPSA) is 58.0 Å². The molecule has 0 fully saturated rings. The number of aromatic hydroxyl groups is 1. The molecule has 2 rings (SSSR count). The van der Waals surface area contributed by atoms with E-state index in [1.165, 1.54) is 6.33 Å². The number of hydrogen-bond acceptors (Lipinski definition) is 4. The van der Waals surface area contributed by atoms with Crippen LogP contribution in [0.2, 0.25) is 5.02 Å². The molecule has 0 aliphatic rings. The first-order valence-electron chi connectivity index (χ1n) is 6.70. The summed E-state index contributed by atoms with van der Waals surface area (Å²) in [5.41, 5.74) is 1.92. The number of anilines is 1. The summed E-state index contributed by atoms with van der Waals surface area (Å²) >= 11 is 6.30. The molecule has 0 radical (unpaired) electrons. The number of hydrogen-bond donors (Lipinski definition) is 2. The molecule has 1 aromatic carbocycles. The van der Waals surface area contributed by atoms with Gasteiger partial charge in [-0.3, -0.25) is 0 Å². The molecule has 2 N–H and O–H groups in total. The van der Waals surface area contributed by atoms with Crippen LogP contribution >= 0.6 is 11.6 Å². The summed E-state index contributed by atoms with van der Waals surface area (Å²) in [6.45, 7) is 4.09. The normalized spacial score (nSPS) is 11.6. The molecule has 1 unspecified atom stereocenters. The van der Waals surface area contributed by atoms with Crippen LogP contribution in [0.5, 0.6) is 5.75 Å². The van der Waals surface area contributed by atoms with Crippen LogP contribution in [-0.4, -0.2) is 44.6 Å². The van der Waals surface area contributed by atoms with E-state index < -0.39 is 0 Å². The van der Waals surface area contributed by atoms with Crippen LogP contribution in [0.1, 0.15) is 37.6 Å². The van der Waals surface area contributed by atoms with Gasteiger partial charge in [0.1, 0.15) is 22.9 Å². The van der Waals surface area contributed by atoms with E-state index in [4.69, 9.17) is 11.6 Å². The van der Waals surface area contributed by atoms with Crippen molar-refractivity contribution in [3.05, 3.63) is 46.9 Å². The van der Waals surface area contributed by atoms with Crippen molar-refractivity contribution in [1.29, 1.82) is 0 Å². The molecular weight excluding hydrogens is 297 g/mol. The molecule has 6 heteroatoms. The van der Waals surface area contributed by atoms with Gasteiger partial charge in [0.15, 0.2) is 0 Å². The van der Waals surface area contributed by atoms with Gasteiger partial charge in [0.05, 0.1) is 11.7 Å². The number of nitrogens with zero attached hydrogens (tertiary/aromatic N) is 2. The molecule has 0 amide bonds. The minimum atomic E-state index is 0. The van der Waals surface area contributed by atoms with Crippen LogP contribution in [0.3, 0.4) is 0 Å². The second kappa shape index (κ2) is 8.59. The van der Waals surface area contributed by atoms with Gasteiger partial charge in [-0.05, 0) is 30.5 Å². The van der Waals surface area contributed by atoms with Crippen LogP contribution in [-0.2, 0) is 6.42 Å². The van der Waals surface area contributed by atoms with Gasteiger partial charge in [-0.1, -0.05) is 37.6 Å². The van der Waals surface area contributed by atoms with Crippen molar-refractivity contribution < 1.29 is 5.11 Å². The van der Waals surface area contributed by atoms with Crippen LogP contribution < -0.4 is 5.32 Å². The number of aromatic nitrogens is 2. The van der Waals surface area contributed by atoms with Gasteiger partial charge in [0.25, 0.3) is 0 Å². The predicted molar refractivity (Wildman–Crippen MR) is 88.3 cm³/mol. The Morgan fingerprint density at radius 1 is 1.19 bits per heavy atom. The minimum absolute atomic E-state index is 0. The third-order valence-electron chi connectivity index (χ3n) is 3.21. The van der Waals surface area contributed by atoms with Gasteiger partial charge in [0, 0.05) is 0 Å². The van der Waals surface area contributed by atoms with Gasteiger partial charge in [0.2, 0.25) is 0 Å². The van der Waals surface area contributed by atoms with E-state index in [0.29, 0.717) is 10.8 Å². The van der Waals surface area contributed by atoms with Crippen molar-refractivity contribution >= 4 is 47.0 Å². The molecule has 1 heterocycles. The Morgan fingerprint density at radius 2 is 1.86 bits per heavy atom. The zero-order valence-corrected chi connectivity index (χ0v) is 12.4. The third kappa shape index (κ3) is 4.58. The number of phenolic OH excluding ortho intramolecular Hbond substituents is 1. The van der Waals surface area contributed by atoms with Crippen molar-refractivity contribution in [3.8, 4) is 5.75 Å². The number of rotatable bonds is 5. The number of halogens is 1. The fraction of sp³-hybridized carbons (Fsp3) is 0.333. The van der Waals surface area contributed by atoms with Gasteiger partial charge in [-0.15, -0.1) is 0 Å². The Hall–Kier alpha value is -0.810. The van der Waals surface area contributed by atoms with Gasteiger partial charge in [-0.2, -0.15) is 0 Å². The molecule has 21 heavy (non-hydrogen) atoms. The number of phenols is 1. The zero-order chi connectivity index (χ0) is 14.5. The van der Waals surface area contributed by atoms with Gasteiger partial charge < -0.3 is 10.4 Å². The summed E-state index contributed by atoms with van der Waals surface area (Å²) in [5.74, 6) is 0.912. The quantitative estimate of drug-likeness (QED) is 0.831. The monoisotopic (exact) mass is 315 g/mol. The predicted octanol–water partition coefficient (Wildman–Crippen LogP) is 3.31. The van der Waals surface area contributed by atoms with Crippen molar-refractivity contribution in [2.45, 2.75) is 32.7 Å². The molecule has 4 nitrogen and oxygen atoms in total. The Bertz CT molecular complexity index is 578. The van der Waals surface area contributed by atoms with Crippen LogP contribution in [0.15, 0.2) is 30.6 Å². The van der Waals surface area contributed by atoms with Gasteiger partial charge in [-0.25, -0.2) is 9.97 Å². The number of benzene rings is 1. The Balaban J connectivity index is 0.00000220. The maximum atomic E-state index is 9.35. The summed E-state index contributed by atoms with van der Waals surface area (Å²) in [5, 5.41) is 13.3. The van der Waals surface area contributed by atoms with Gasteiger partial charge >= 0.3 is 29.6 Å². The first kappa shape index (κ1) is 18.2. The fourth-order valence-electron chi connectivity index (χ4n) is 2.05. The molecule has 1 aromatic heterocycles. The van der Waals surface area contributed by atoms with Crippen LogP contribution in [0, 0.1) is 0 Å². The van der Waals surface area contributed by atoms with E-state index in [1.807, 2.05) is 19.1 Å². The van der Waals surface area contributed by atoms with Crippen LogP contribution in [0.25, 0.3) is 0 Å². The fourth-order valence-corrected chi connectivity index (χ4v) is 2.33. The average Bonchev–Trinajstić information content (AvgIpc) is 2.47. The maximum absolute atomic E-state index is 9.35. The van der Waals surface area contributed by atoms with E-state index in [0.717, 1.165) is 24.1 Å². The van der Waals surface area contributed by atoms with Crippen molar-refractivity contribution in [2.24, 2.45) is 0 Å². The standard InChI is InChI=1S/C15H18ClN3O.Na.H/c1-3-12(10-5-7-11(20)8-6-10)19-15-14(16)13(4-2)17-9-18-15;;/h5-9,12,20H,3-4H2,1-2H3,(H,17,18,19);;. The molecule has 0 spiro atoms. The first-order valence-corrected chi connectivity index (χ1v) is 7.08. The molecule has 0 bridgehead atoms. The summed E-state index contributed by atoms with van der Waals surface area (Å²) in [6, 6.07) is 7.24. The second-order valence-corrected chi connectivity index (χ2v) is 4.91.